The van der Waals surface area contributed by atoms with E-state index < -0.39 is 5.92 Å². The summed E-state index contributed by atoms with van der Waals surface area (Å²) in [4.78, 5) is 15.8. The summed E-state index contributed by atoms with van der Waals surface area (Å²) in [6.07, 6.45) is 7.95. The summed E-state index contributed by atoms with van der Waals surface area (Å²) in [5.74, 6) is -0.395. The summed E-state index contributed by atoms with van der Waals surface area (Å²) in [6, 6.07) is 23.8. The van der Waals surface area contributed by atoms with Crippen LogP contribution in [0.5, 0.6) is 0 Å². The molecule has 5 heteroatoms. The standard InChI is InChI=1S/C30H30Cl2N2O/c31-25-10-6-23(7-11-25)28(24-8-12-26(32)13-9-24)29(35)33-18-3-19-34-20-16-30(17-21-34)15-14-22-4-1-2-5-27(22)30/h1-2,4-15,28H,3,16-21H2,(H,33,35). The van der Waals surface area contributed by atoms with Crippen molar-refractivity contribution < 1.29 is 4.79 Å². The minimum absolute atomic E-state index is 0.0000539. The second-order valence-corrected chi connectivity index (χ2v) is 10.5. The molecule has 35 heavy (non-hydrogen) atoms. The Morgan fingerprint density at radius 2 is 1.49 bits per heavy atom. The molecule has 0 atom stereocenters. The second kappa shape index (κ2) is 10.6. The van der Waals surface area contributed by atoms with Gasteiger partial charge >= 0.3 is 0 Å². The molecular formula is C30H30Cl2N2O. The van der Waals surface area contributed by atoms with Crippen LogP contribution in [-0.2, 0) is 10.2 Å². The summed E-state index contributed by atoms with van der Waals surface area (Å²) in [6.45, 7) is 3.82. The number of nitrogens with one attached hydrogen (secondary N) is 1. The maximum Gasteiger partial charge on any atom is 0.232 e. The third-order valence-electron chi connectivity index (χ3n) is 7.45. The maximum absolute atomic E-state index is 13.3. The van der Waals surface area contributed by atoms with E-state index in [1.165, 1.54) is 11.1 Å². The minimum Gasteiger partial charge on any atom is -0.355 e. The van der Waals surface area contributed by atoms with Crippen molar-refractivity contribution in [2.75, 3.05) is 26.2 Å². The smallest absolute Gasteiger partial charge is 0.232 e. The molecule has 1 N–H and O–H groups in total. The van der Waals surface area contributed by atoms with Crippen molar-refractivity contribution in [3.63, 3.8) is 0 Å². The highest BCUT2D eigenvalue weighted by Crippen LogP contribution is 2.43. The topological polar surface area (TPSA) is 32.3 Å². The first kappa shape index (κ1) is 24.1. The van der Waals surface area contributed by atoms with Crippen LogP contribution in [0.15, 0.2) is 78.9 Å². The normalized spacial score (nSPS) is 16.5. The van der Waals surface area contributed by atoms with Gasteiger partial charge in [-0.1, -0.05) is 83.9 Å². The zero-order valence-corrected chi connectivity index (χ0v) is 21.2. The molecule has 1 amide bonds. The first-order valence-electron chi connectivity index (χ1n) is 12.3. The Balaban J connectivity index is 1.14. The number of allylic oxidation sites excluding steroid dienone is 1. The number of halogens is 2. The van der Waals surface area contributed by atoms with Crippen molar-refractivity contribution >= 4 is 35.2 Å². The lowest BCUT2D eigenvalue weighted by Crippen LogP contribution is -2.42. The molecule has 180 valence electrons. The van der Waals surface area contributed by atoms with Gasteiger partial charge < -0.3 is 10.2 Å². The van der Waals surface area contributed by atoms with E-state index >= 15 is 0 Å². The molecule has 1 spiro atoms. The molecule has 0 aromatic heterocycles. The van der Waals surface area contributed by atoms with Gasteiger partial charge in [0, 0.05) is 22.0 Å². The van der Waals surface area contributed by atoms with E-state index in [0.29, 0.717) is 16.6 Å². The summed E-state index contributed by atoms with van der Waals surface area (Å²) in [7, 11) is 0. The lowest BCUT2D eigenvalue weighted by molar-refractivity contribution is -0.121. The molecule has 3 nitrogen and oxygen atoms in total. The van der Waals surface area contributed by atoms with E-state index in [4.69, 9.17) is 23.2 Å². The number of carbonyl (C=O) groups excluding carboxylic acids is 1. The highest BCUT2D eigenvalue weighted by atomic mass is 35.5. The van der Waals surface area contributed by atoms with E-state index in [1.807, 2.05) is 48.5 Å². The van der Waals surface area contributed by atoms with Crippen molar-refractivity contribution in [3.8, 4) is 0 Å². The average molecular weight is 505 g/mol. The van der Waals surface area contributed by atoms with Gasteiger partial charge in [-0.2, -0.15) is 0 Å². The number of fused-ring (bicyclic) bond motifs is 2. The molecule has 0 unspecified atom stereocenters. The van der Waals surface area contributed by atoms with Gasteiger partial charge in [-0.25, -0.2) is 0 Å². The Labute approximate surface area is 217 Å². The molecule has 1 aliphatic heterocycles. The highest BCUT2D eigenvalue weighted by Gasteiger charge is 2.37. The molecule has 0 radical (unpaired) electrons. The van der Waals surface area contributed by atoms with E-state index in [0.717, 1.165) is 50.0 Å². The summed E-state index contributed by atoms with van der Waals surface area (Å²) in [5.41, 5.74) is 4.91. The molecule has 1 aliphatic carbocycles. The Bertz CT molecular complexity index is 1150. The Morgan fingerprint density at radius 1 is 0.886 bits per heavy atom. The van der Waals surface area contributed by atoms with Crippen molar-refractivity contribution in [3.05, 3.63) is 111 Å². The molecule has 3 aromatic carbocycles. The summed E-state index contributed by atoms with van der Waals surface area (Å²) < 4.78 is 0. The number of benzene rings is 3. The van der Waals surface area contributed by atoms with Gasteiger partial charge in [0.2, 0.25) is 5.91 Å². The number of hydrogen-bond donors (Lipinski definition) is 1. The van der Waals surface area contributed by atoms with Crippen molar-refractivity contribution in [2.24, 2.45) is 0 Å². The maximum atomic E-state index is 13.3. The van der Waals surface area contributed by atoms with Crippen LogP contribution in [0.3, 0.4) is 0 Å². The van der Waals surface area contributed by atoms with E-state index in [9.17, 15) is 4.79 Å². The fourth-order valence-corrected chi connectivity index (χ4v) is 5.72. The molecular weight excluding hydrogens is 475 g/mol. The molecule has 5 rings (SSSR count). The molecule has 1 saturated heterocycles. The number of likely N-dealkylation sites (tertiary alicyclic amines) is 1. The lowest BCUT2D eigenvalue weighted by Gasteiger charge is -2.39. The van der Waals surface area contributed by atoms with Crippen LogP contribution in [0.25, 0.3) is 6.08 Å². The SMILES string of the molecule is O=C(NCCCN1CCC2(C=Cc3ccccc32)CC1)C(c1ccc(Cl)cc1)c1ccc(Cl)cc1. The first-order chi connectivity index (χ1) is 17.0. The summed E-state index contributed by atoms with van der Waals surface area (Å²) >= 11 is 12.2. The average Bonchev–Trinajstić information content (AvgIpc) is 3.24. The number of carbonyl (C=O) groups is 1. The van der Waals surface area contributed by atoms with Crippen LogP contribution in [0.2, 0.25) is 10.0 Å². The molecule has 1 fully saturated rings. The fraction of sp³-hybridized carbons (Fsp3) is 0.300. The van der Waals surface area contributed by atoms with Gasteiger partial charge in [0.1, 0.15) is 0 Å². The van der Waals surface area contributed by atoms with Gasteiger partial charge in [-0.05, 0) is 85.4 Å². The number of amides is 1. The number of hydrogen-bond acceptors (Lipinski definition) is 2. The van der Waals surface area contributed by atoms with Gasteiger partial charge in [0.15, 0.2) is 0 Å². The fourth-order valence-electron chi connectivity index (χ4n) is 5.47. The second-order valence-electron chi connectivity index (χ2n) is 9.60. The van der Waals surface area contributed by atoms with Crippen LogP contribution in [0.4, 0.5) is 0 Å². The molecule has 2 aliphatic rings. The van der Waals surface area contributed by atoms with Crippen molar-refractivity contribution in [1.82, 2.24) is 10.2 Å². The van der Waals surface area contributed by atoms with Crippen LogP contribution < -0.4 is 5.32 Å². The molecule has 1 heterocycles. The third-order valence-corrected chi connectivity index (χ3v) is 7.95. The zero-order chi connectivity index (χ0) is 24.3. The zero-order valence-electron chi connectivity index (χ0n) is 19.7. The van der Waals surface area contributed by atoms with E-state index in [1.54, 1.807) is 0 Å². The largest absolute Gasteiger partial charge is 0.355 e. The lowest BCUT2D eigenvalue weighted by atomic mass is 9.74. The predicted molar refractivity (Wildman–Crippen MR) is 145 cm³/mol. The van der Waals surface area contributed by atoms with Crippen LogP contribution in [-0.4, -0.2) is 37.0 Å². The van der Waals surface area contributed by atoms with Gasteiger partial charge in [-0.15, -0.1) is 0 Å². The van der Waals surface area contributed by atoms with Crippen LogP contribution in [0.1, 0.15) is 47.4 Å². The Kier molecular flexibility index (Phi) is 7.29. The van der Waals surface area contributed by atoms with E-state index in [-0.39, 0.29) is 11.3 Å². The molecule has 0 bridgehead atoms. The van der Waals surface area contributed by atoms with Crippen molar-refractivity contribution in [2.45, 2.75) is 30.6 Å². The van der Waals surface area contributed by atoms with Gasteiger partial charge in [0.25, 0.3) is 0 Å². The minimum atomic E-state index is -0.395. The van der Waals surface area contributed by atoms with Gasteiger partial charge in [0.05, 0.1) is 5.92 Å². The summed E-state index contributed by atoms with van der Waals surface area (Å²) in [5, 5.41) is 4.48. The van der Waals surface area contributed by atoms with E-state index in [2.05, 4.69) is 46.6 Å². The van der Waals surface area contributed by atoms with Crippen LogP contribution in [0, 0.1) is 0 Å². The van der Waals surface area contributed by atoms with Crippen LogP contribution >= 0.6 is 23.2 Å². The number of nitrogens with zero attached hydrogens (tertiary/aromatic N) is 1. The molecule has 3 aromatic rings. The first-order valence-corrected chi connectivity index (χ1v) is 13.1. The van der Waals surface area contributed by atoms with Gasteiger partial charge in [-0.3, -0.25) is 4.79 Å². The quantitative estimate of drug-likeness (QED) is 0.363. The monoisotopic (exact) mass is 504 g/mol. The van der Waals surface area contributed by atoms with Crippen molar-refractivity contribution in [1.29, 1.82) is 0 Å². The highest BCUT2D eigenvalue weighted by molar-refractivity contribution is 6.30. The third kappa shape index (κ3) is 5.33. The predicted octanol–water partition coefficient (Wildman–Crippen LogP) is 6.69. The number of rotatable bonds is 7. The Morgan fingerprint density at radius 3 is 2.11 bits per heavy atom. The molecule has 0 saturated carbocycles. The number of piperidine rings is 1. The Hall–Kier alpha value is -2.59.